The highest BCUT2D eigenvalue weighted by Crippen LogP contribution is 2.35. The lowest BCUT2D eigenvalue weighted by atomic mass is 9.97. The van der Waals surface area contributed by atoms with Crippen molar-refractivity contribution in [3.05, 3.63) is 28.3 Å². The average molecular weight is 410 g/mol. The van der Waals surface area contributed by atoms with E-state index in [9.17, 15) is 23.3 Å². The summed E-state index contributed by atoms with van der Waals surface area (Å²) in [6.07, 6.45) is 2.90. The molecule has 2 heterocycles. The van der Waals surface area contributed by atoms with Crippen LogP contribution in [-0.2, 0) is 14.8 Å². The first-order valence-electron chi connectivity index (χ1n) is 9.53. The molecule has 154 valence electrons. The van der Waals surface area contributed by atoms with Crippen LogP contribution in [0.15, 0.2) is 23.1 Å². The molecule has 2 saturated heterocycles. The van der Waals surface area contributed by atoms with Crippen LogP contribution < -0.4 is 10.6 Å². The van der Waals surface area contributed by atoms with Gasteiger partial charge >= 0.3 is 0 Å². The molecule has 28 heavy (non-hydrogen) atoms. The number of primary amides is 1. The van der Waals surface area contributed by atoms with Crippen molar-refractivity contribution in [2.45, 2.75) is 37.5 Å². The zero-order chi connectivity index (χ0) is 20.5. The van der Waals surface area contributed by atoms with Gasteiger partial charge in [0, 0.05) is 32.2 Å². The molecule has 1 unspecified atom stereocenters. The minimum absolute atomic E-state index is 0.0686. The number of hydrogen-bond acceptors (Lipinski definition) is 6. The fourth-order valence-electron chi connectivity index (χ4n) is 3.88. The molecule has 0 aliphatic carbocycles. The molecule has 10 heteroatoms. The van der Waals surface area contributed by atoms with E-state index in [0.717, 1.165) is 18.9 Å². The van der Waals surface area contributed by atoms with E-state index in [4.69, 9.17) is 5.73 Å². The van der Waals surface area contributed by atoms with Gasteiger partial charge in [0.25, 0.3) is 5.69 Å². The van der Waals surface area contributed by atoms with Crippen molar-refractivity contribution in [2.75, 3.05) is 31.1 Å². The lowest BCUT2D eigenvalue weighted by molar-refractivity contribution is -0.384. The smallest absolute Gasteiger partial charge is 0.293 e. The molecule has 0 aromatic heterocycles. The Balaban J connectivity index is 1.91. The Bertz CT molecular complexity index is 865. The van der Waals surface area contributed by atoms with Gasteiger partial charge < -0.3 is 10.6 Å². The van der Waals surface area contributed by atoms with E-state index < -0.39 is 20.9 Å². The number of rotatable bonds is 5. The Morgan fingerprint density at radius 2 is 1.89 bits per heavy atom. The topological polar surface area (TPSA) is 127 Å². The predicted molar refractivity (Wildman–Crippen MR) is 104 cm³/mol. The number of amides is 1. The molecule has 1 atom stereocenters. The first-order chi connectivity index (χ1) is 13.2. The number of carbonyl (C=O) groups excluding carboxylic acids is 1. The van der Waals surface area contributed by atoms with Gasteiger partial charge in [-0.3, -0.25) is 14.9 Å². The number of nitrogens with two attached hydrogens (primary N) is 1. The van der Waals surface area contributed by atoms with Crippen LogP contribution in [0.1, 0.15) is 32.6 Å². The van der Waals surface area contributed by atoms with Crippen molar-refractivity contribution in [1.29, 1.82) is 0 Å². The summed E-state index contributed by atoms with van der Waals surface area (Å²) in [6, 6.07) is 4.03. The third-order valence-corrected chi connectivity index (χ3v) is 7.58. The molecule has 2 fully saturated rings. The van der Waals surface area contributed by atoms with E-state index in [1.165, 1.54) is 16.4 Å². The summed E-state index contributed by atoms with van der Waals surface area (Å²) in [6.45, 7) is 3.78. The Morgan fingerprint density at radius 3 is 2.50 bits per heavy atom. The van der Waals surface area contributed by atoms with Crippen LogP contribution in [0, 0.1) is 22.0 Å². The quantitative estimate of drug-likeness (QED) is 0.582. The fraction of sp³-hybridized carbons (Fsp3) is 0.611. The van der Waals surface area contributed by atoms with Crippen LogP contribution in [-0.4, -0.2) is 49.7 Å². The molecule has 0 spiro atoms. The van der Waals surface area contributed by atoms with E-state index in [1.54, 1.807) is 4.90 Å². The molecule has 0 saturated carbocycles. The largest absolute Gasteiger partial charge is 0.369 e. The maximum absolute atomic E-state index is 12.9. The van der Waals surface area contributed by atoms with Gasteiger partial charge in [0.05, 0.1) is 15.7 Å². The Hall–Kier alpha value is -2.20. The third kappa shape index (κ3) is 4.12. The predicted octanol–water partition coefficient (Wildman–Crippen LogP) is 1.72. The number of hydrogen-bond donors (Lipinski definition) is 1. The highest BCUT2D eigenvalue weighted by Gasteiger charge is 2.32. The SMILES string of the molecule is CC1CCN(S(=O)(=O)c2ccc(N3CCCC(C(N)=O)C3)c([N+](=O)[O-])c2)CC1. The van der Waals surface area contributed by atoms with Gasteiger partial charge in [-0.15, -0.1) is 0 Å². The number of carbonyl (C=O) groups is 1. The zero-order valence-electron chi connectivity index (χ0n) is 15.9. The monoisotopic (exact) mass is 410 g/mol. The Kier molecular flexibility index (Phi) is 5.90. The number of benzene rings is 1. The maximum atomic E-state index is 12.9. The Labute approximate surface area is 164 Å². The van der Waals surface area contributed by atoms with Crippen LogP contribution in [0.3, 0.4) is 0 Å². The number of anilines is 1. The van der Waals surface area contributed by atoms with E-state index in [0.29, 0.717) is 50.6 Å². The van der Waals surface area contributed by atoms with Crippen molar-refractivity contribution < 1.29 is 18.1 Å². The van der Waals surface area contributed by atoms with E-state index >= 15 is 0 Å². The molecule has 2 aliphatic rings. The van der Waals surface area contributed by atoms with E-state index in [1.807, 2.05) is 0 Å². The minimum Gasteiger partial charge on any atom is -0.369 e. The standard InChI is InChI=1S/C18H26N4O5S/c1-13-6-9-21(10-7-13)28(26,27)15-4-5-16(17(11-15)22(24)25)20-8-2-3-14(12-20)18(19)23/h4-5,11,13-14H,2-3,6-10,12H2,1H3,(H2,19,23). The highest BCUT2D eigenvalue weighted by molar-refractivity contribution is 7.89. The molecular formula is C18H26N4O5S. The zero-order valence-corrected chi connectivity index (χ0v) is 16.7. The summed E-state index contributed by atoms with van der Waals surface area (Å²) in [5.41, 5.74) is 5.45. The van der Waals surface area contributed by atoms with Gasteiger partial charge in [0.2, 0.25) is 15.9 Å². The molecule has 2 N–H and O–H groups in total. The van der Waals surface area contributed by atoms with Crippen molar-refractivity contribution in [3.8, 4) is 0 Å². The van der Waals surface area contributed by atoms with Crippen molar-refractivity contribution in [3.63, 3.8) is 0 Å². The van der Waals surface area contributed by atoms with Gasteiger partial charge in [0.1, 0.15) is 5.69 Å². The molecule has 1 amide bonds. The molecule has 1 aromatic rings. The second kappa shape index (κ2) is 8.04. The van der Waals surface area contributed by atoms with Crippen LogP contribution in [0.4, 0.5) is 11.4 Å². The molecule has 9 nitrogen and oxygen atoms in total. The summed E-state index contributed by atoms with van der Waals surface area (Å²) in [5, 5.41) is 11.7. The molecule has 1 aromatic carbocycles. The third-order valence-electron chi connectivity index (χ3n) is 5.69. The lowest BCUT2D eigenvalue weighted by Crippen LogP contribution is -2.41. The molecule has 0 radical (unpaired) electrons. The highest BCUT2D eigenvalue weighted by atomic mass is 32.2. The molecule has 3 rings (SSSR count). The van der Waals surface area contributed by atoms with Crippen LogP contribution in [0.25, 0.3) is 0 Å². The van der Waals surface area contributed by atoms with Crippen LogP contribution >= 0.6 is 0 Å². The fourth-order valence-corrected chi connectivity index (χ4v) is 5.37. The minimum atomic E-state index is -3.78. The van der Waals surface area contributed by atoms with Gasteiger partial charge in [0.15, 0.2) is 0 Å². The second-order valence-electron chi connectivity index (χ2n) is 7.68. The van der Waals surface area contributed by atoms with Crippen molar-refractivity contribution in [1.82, 2.24) is 4.31 Å². The number of nitro groups is 1. The summed E-state index contributed by atoms with van der Waals surface area (Å²) in [5.74, 6) is -0.321. The second-order valence-corrected chi connectivity index (χ2v) is 9.62. The van der Waals surface area contributed by atoms with Crippen molar-refractivity contribution >= 4 is 27.3 Å². The molecular weight excluding hydrogens is 384 g/mol. The van der Waals surface area contributed by atoms with Crippen LogP contribution in [0.2, 0.25) is 0 Å². The van der Waals surface area contributed by atoms with Gasteiger partial charge in [-0.2, -0.15) is 4.31 Å². The normalized spacial score (nSPS) is 22.2. The Morgan fingerprint density at radius 1 is 1.21 bits per heavy atom. The number of nitro benzene ring substituents is 1. The van der Waals surface area contributed by atoms with Crippen LogP contribution in [0.5, 0.6) is 0 Å². The maximum Gasteiger partial charge on any atom is 0.293 e. The number of nitrogens with zero attached hydrogens (tertiary/aromatic N) is 3. The molecule has 2 aliphatic heterocycles. The lowest BCUT2D eigenvalue weighted by Gasteiger charge is -2.33. The summed E-state index contributed by atoms with van der Waals surface area (Å²) >= 11 is 0. The van der Waals surface area contributed by atoms with Gasteiger partial charge in [-0.1, -0.05) is 6.92 Å². The van der Waals surface area contributed by atoms with Crippen molar-refractivity contribution in [2.24, 2.45) is 17.6 Å². The number of sulfonamides is 1. The van der Waals surface area contributed by atoms with Gasteiger partial charge in [-0.05, 0) is 43.7 Å². The average Bonchev–Trinajstić information content (AvgIpc) is 2.68. The summed E-state index contributed by atoms with van der Waals surface area (Å²) in [4.78, 5) is 24.3. The number of piperidine rings is 2. The first-order valence-corrected chi connectivity index (χ1v) is 11.0. The molecule has 0 bridgehead atoms. The summed E-state index contributed by atoms with van der Waals surface area (Å²) in [7, 11) is -3.78. The first kappa shape index (κ1) is 20.5. The summed E-state index contributed by atoms with van der Waals surface area (Å²) < 4.78 is 27.3. The van der Waals surface area contributed by atoms with E-state index in [2.05, 4.69) is 6.92 Å². The van der Waals surface area contributed by atoms with E-state index in [-0.39, 0.29) is 16.5 Å². The van der Waals surface area contributed by atoms with Gasteiger partial charge in [-0.25, -0.2) is 8.42 Å².